The lowest BCUT2D eigenvalue weighted by molar-refractivity contribution is -0.135. The van der Waals surface area contributed by atoms with E-state index < -0.39 is 12.6 Å². The van der Waals surface area contributed by atoms with Crippen LogP contribution in [0.5, 0.6) is 0 Å². The first kappa shape index (κ1) is 23.6. The van der Waals surface area contributed by atoms with E-state index in [4.69, 9.17) is 0 Å². The molecule has 0 aromatic carbocycles. The van der Waals surface area contributed by atoms with Crippen molar-refractivity contribution in [2.24, 2.45) is 5.92 Å². The molecule has 0 aliphatic heterocycles. The normalized spacial score (nSPS) is 17.1. The van der Waals surface area contributed by atoms with E-state index >= 15 is 0 Å². The Morgan fingerprint density at radius 1 is 0.741 bits per heavy atom. The average Bonchev–Trinajstić information content (AvgIpc) is 2.59. The van der Waals surface area contributed by atoms with Crippen LogP contribution in [0.3, 0.4) is 0 Å². The molecule has 27 heavy (non-hydrogen) atoms. The number of carbonyl (C=O) groups is 2. The first-order valence-corrected chi connectivity index (χ1v) is 10.1. The molecule has 0 fully saturated rings. The first-order chi connectivity index (χ1) is 12.5. The summed E-state index contributed by atoms with van der Waals surface area (Å²) >= 11 is 0. The topological polar surface area (TPSA) is 34.1 Å². The number of ketones is 2. The van der Waals surface area contributed by atoms with Crippen molar-refractivity contribution >= 4 is 11.6 Å². The van der Waals surface area contributed by atoms with E-state index in [1.54, 1.807) is 20.8 Å². The van der Waals surface area contributed by atoms with E-state index in [0.29, 0.717) is 41.1 Å². The molecular formula is C22H33F3O2. The second-order valence-corrected chi connectivity index (χ2v) is 7.93. The van der Waals surface area contributed by atoms with Gasteiger partial charge in [-0.15, -0.1) is 0 Å². The number of allylic oxidation sites excluding steroid dienone is 4. The summed E-state index contributed by atoms with van der Waals surface area (Å²) in [6.07, 6.45) is 2.67. The summed E-state index contributed by atoms with van der Waals surface area (Å²) in [7, 11) is 0. The lowest BCUT2D eigenvalue weighted by Crippen LogP contribution is -2.21. The quantitative estimate of drug-likeness (QED) is 0.286. The van der Waals surface area contributed by atoms with Crippen molar-refractivity contribution in [3.05, 3.63) is 22.3 Å². The maximum Gasteiger partial charge on any atom is 0.389 e. The summed E-state index contributed by atoms with van der Waals surface area (Å²) < 4.78 is 36.1. The highest BCUT2D eigenvalue weighted by atomic mass is 19.4. The van der Waals surface area contributed by atoms with Gasteiger partial charge in [-0.3, -0.25) is 9.59 Å². The molecule has 0 heterocycles. The predicted molar refractivity (Wildman–Crippen MR) is 102 cm³/mol. The van der Waals surface area contributed by atoms with Crippen LogP contribution in [0.25, 0.3) is 0 Å². The van der Waals surface area contributed by atoms with Crippen LogP contribution in [0.2, 0.25) is 0 Å². The van der Waals surface area contributed by atoms with Gasteiger partial charge in [0.2, 0.25) is 0 Å². The molecule has 2 nitrogen and oxygen atoms in total. The van der Waals surface area contributed by atoms with Crippen LogP contribution in [-0.2, 0) is 9.59 Å². The van der Waals surface area contributed by atoms with Gasteiger partial charge in [-0.25, -0.2) is 0 Å². The summed E-state index contributed by atoms with van der Waals surface area (Å²) in [5, 5.41) is 0. The summed E-state index contributed by atoms with van der Waals surface area (Å²) in [5.41, 5.74) is 2.39. The Bertz CT molecular complexity index is 597. The second-order valence-electron chi connectivity index (χ2n) is 7.93. The number of rotatable bonds is 11. The van der Waals surface area contributed by atoms with Gasteiger partial charge in [0.15, 0.2) is 11.6 Å². The number of carbonyl (C=O) groups excluding carboxylic acids is 2. The van der Waals surface area contributed by atoms with Crippen molar-refractivity contribution in [2.45, 2.75) is 98.1 Å². The van der Waals surface area contributed by atoms with E-state index in [1.807, 2.05) is 0 Å². The monoisotopic (exact) mass is 386 g/mol. The molecule has 154 valence electrons. The minimum absolute atomic E-state index is 0.00987. The van der Waals surface area contributed by atoms with Gasteiger partial charge in [0.25, 0.3) is 0 Å². The molecule has 0 spiro atoms. The number of Topliss-reactive ketones (excluding diaryl/α,β-unsaturated/α-hetero) is 2. The van der Waals surface area contributed by atoms with Crippen molar-refractivity contribution in [1.29, 1.82) is 0 Å². The van der Waals surface area contributed by atoms with Crippen molar-refractivity contribution in [2.75, 3.05) is 0 Å². The molecule has 1 unspecified atom stereocenters. The number of alkyl halides is 3. The summed E-state index contributed by atoms with van der Waals surface area (Å²) in [4.78, 5) is 24.6. The Morgan fingerprint density at radius 2 is 1.26 bits per heavy atom. The highest BCUT2D eigenvalue weighted by Crippen LogP contribution is 2.29. The van der Waals surface area contributed by atoms with Gasteiger partial charge in [0, 0.05) is 28.7 Å². The van der Waals surface area contributed by atoms with Gasteiger partial charge >= 0.3 is 6.18 Å². The average molecular weight is 386 g/mol. The summed E-state index contributed by atoms with van der Waals surface area (Å²) in [5.74, 6) is 0.460. The van der Waals surface area contributed by atoms with Crippen LogP contribution in [-0.4, -0.2) is 17.7 Å². The molecule has 0 radical (unpaired) electrons. The smallest absolute Gasteiger partial charge is 0.289 e. The molecule has 0 amide bonds. The highest BCUT2D eigenvalue weighted by Gasteiger charge is 2.27. The maximum atomic E-state index is 12.4. The predicted octanol–water partition coefficient (Wildman–Crippen LogP) is 6.89. The van der Waals surface area contributed by atoms with Crippen molar-refractivity contribution in [1.82, 2.24) is 0 Å². The minimum Gasteiger partial charge on any atom is -0.289 e. The standard InChI is InChI=1S/C22H33F3O2/c1-15(11-9-7-5-6-8-10-14-22(23,24)25)12-13-19-18(4)20(26)16(2)17(3)21(19)27/h15H,5-14H2,1-4H3. The molecular weight excluding hydrogens is 353 g/mol. The zero-order valence-corrected chi connectivity index (χ0v) is 17.1. The molecule has 0 aromatic rings. The van der Waals surface area contributed by atoms with Crippen molar-refractivity contribution in [3.63, 3.8) is 0 Å². The Kier molecular flexibility index (Phi) is 9.48. The fraction of sp³-hybridized carbons (Fsp3) is 0.727. The Morgan fingerprint density at radius 3 is 1.85 bits per heavy atom. The Hall–Kier alpha value is -1.39. The minimum atomic E-state index is -4.03. The third-order valence-corrected chi connectivity index (χ3v) is 5.61. The van der Waals surface area contributed by atoms with E-state index in [1.165, 1.54) is 0 Å². The van der Waals surface area contributed by atoms with Crippen LogP contribution >= 0.6 is 0 Å². The fourth-order valence-corrected chi connectivity index (χ4v) is 3.52. The number of halogens is 3. The molecule has 0 N–H and O–H groups in total. The SMILES string of the molecule is CC1=C(C)C(=O)C(CCC(C)CCCCCCCCC(F)(F)F)=C(C)C1=O. The van der Waals surface area contributed by atoms with E-state index in [-0.39, 0.29) is 18.0 Å². The summed E-state index contributed by atoms with van der Waals surface area (Å²) in [6.45, 7) is 7.33. The summed E-state index contributed by atoms with van der Waals surface area (Å²) in [6, 6.07) is 0. The molecule has 0 aromatic heterocycles. The van der Waals surface area contributed by atoms with Gasteiger partial charge in [-0.1, -0.05) is 45.4 Å². The zero-order chi connectivity index (χ0) is 20.6. The van der Waals surface area contributed by atoms with Gasteiger partial charge in [-0.2, -0.15) is 13.2 Å². The molecule has 1 aliphatic rings. The van der Waals surface area contributed by atoms with Crippen LogP contribution in [0.15, 0.2) is 22.3 Å². The molecule has 1 aliphatic carbocycles. The first-order valence-electron chi connectivity index (χ1n) is 10.1. The number of unbranched alkanes of at least 4 members (excludes halogenated alkanes) is 5. The van der Waals surface area contributed by atoms with E-state index in [9.17, 15) is 22.8 Å². The van der Waals surface area contributed by atoms with Crippen molar-refractivity contribution in [3.8, 4) is 0 Å². The Balaban J connectivity index is 2.22. The molecule has 0 saturated carbocycles. The van der Waals surface area contributed by atoms with Crippen LogP contribution in [0, 0.1) is 5.92 Å². The highest BCUT2D eigenvalue weighted by molar-refractivity contribution is 6.24. The van der Waals surface area contributed by atoms with Gasteiger partial charge in [0.05, 0.1) is 0 Å². The van der Waals surface area contributed by atoms with Gasteiger partial charge in [0.1, 0.15) is 0 Å². The number of hydrogen-bond donors (Lipinski definition) is 0. The third-order valence-electron chi connectivity index (χ3n) is 5.61. The lowest BCUT2D eigenvalue weighted by atomic mass is 9.82. The molecule has 5 heteroatoms. The maximum absolute atomic E-state index is 12.4. The molecule has 0 bridgehead atoms. The van der Waals surface area contributed by atoms with E-state index in [2.05, 4.69) is 6.92 Å². The molecule has 1 atom stereocenters. The van der Waals surface area contributed by atoms with Gasteiger partial charge in [-0.05, 0) is 46.0 Å². The molecule has 0 saturated heterocycles. The fourth-order valence-electron chi connectivity index (χ4n) is 3.52. The van der Waals surface area contributed by atoms with E-state index in [0.717, 1.165) is 38.5 Å². The van der Waals surface area contributed by atoms with Gasteiger partial charge < -0.3 is 0 Å². The Labute approximate surface area is 161 Å². The zero-order valence-electron chi connectivity index (χ0n) is 17.1. The van der Waals surface area contributed by atoms with Crippen LogP contribution in [0.1, 0.15) is 91.9 Å². The number of hydrogen-bond acceptors (Lipinski definition) is 2. The van der Waals surface area contributed by atoms with Crippen LogP contribution in [0.4, 0.5) is 13.2 Å². The molecule has 1 rings (SSSR count). The second kappa shape index (κ2) is 10.8. The lowest BCUT2D eigenvalue weighted by Gasteiger charge is -2.20. The third kappa shape index (κ3) is 8.02. The largest absolute Gasteiger partial charge is 0.389 e. The van der Waals surface area contributed by atoms with Crippen molar-refractivity contribution < 1.29 is 22.8 Å². The van der Waals surface area contributed by atoms with Crippen LogP contribution < -0.4 is 0 Å².